The normalized spacial score (nSPS) is 12.7. The maximum atomic E-state index is 3.64. The molecule has 1 aliphatic rings. The third kappa shape index (κ3) is 7.14. The molecule has 1 aliphatic carbocycles. The van der Waals surface area contributed by atoms with Crippen LogP contribution in [0.5, 0.6) is 0 Å². The first-order chi connectivity index (χ1) is 37.7. The molecule has 0 saturated heterocycles. The molecule has 0 atom stereocenters. The molecule has 360 valence electrons. The number of hydrogen-bond acceptors (Lipinski definition) is 0. The average molecular weight is 989 g/mol. The molecular formula is C73H52N2S. The predicted molar refractivity (Wildman–Crippen MR) is 316 cm³/mol. The molecule has 2 aromatic heterocycles. The van der Waals surface area contributed by atoms with Crippen molar-refractivity contribution in [1.82, 2.24) is 9.13 Å². The smallest absolute Gasteiger partial charge is 0.0708 e. The predicted octanol–water partition coefficient (Wildman–Crippen LogP) is 18.7. The molecule has 0 fully saturated rings. The zero-order chi connectivity index (χ0) is 50.5. The van der Waals surface area contributed by atoms with Crippen molar-refractivity contribution < 1.29 is 0 Å². The van der Waals surface area contributed by atoms with Crippen molar-refractivity contribution in [3.8, 4) is 22.5 Å². The van der Waals surface area contributed by atoms with Crippen LogP contribution in [0, 0.1) is 12.1 Å². The highest BCUT2D eigenvalue weighted by Crippen LogP contribution is 2.73. The van der Waals surface area contributed by atoms with Gasteiger partial charge in [0.05, 0.1) is 27.7 Å². The Balaban J connectivity index is 0.966. The molecule has 14 rings (SSSR count). The lowest BCUT2D eigenvalue weighted by atomic mass is 9.65. The van der Waals surface area contributed by atoms with Crippen molar-refractivity contribution in [3.63, 3.8) is 0 Å². The molecule has 0 bridgehead atoms. The van der Waals surface area contributed by atoms with Gasteiger partial charge in [-0.1, -0.05) is 212 Å². The van der Waals surface area contributed by atoms with Crippen LogP contribution in [0.1, 0.15) is 39.9 Å². The van der Waals surface area contributed by atoms with Crippen molar-refractivity contribution in [1.29, 1.82) is 0 Å². The molecule has 0 saturated carbocycles. The Bertz CT molecular complexity index is 4060. The maximum absolute atomic E-state index is 3.64. The lowest BCUT2D eigenvalue weighted by Crippen LogP contribution is -2.30. The summed E-state index contributed by atoms with van der Waals surface area (Å²) < 4.78 is 5.05. The van der Waals surface area contributed by atoms with Crippen molar-refractivity contribution in [2.24, 2.45) is 0 Å². The van der Waals surface area contributed by atoms with Gasteiger partial charge in [0, 0.05) is 63.8 Å². The molecule has 2 nitrogen and oxygen atoms in total. The van der Waals surface area contributed by atoms with Crippen molar-refractivity contribution in [2.75, 3.05) is 0 Å². The molecule has 0 N–H and O–H groups in total. The van der Waals surface area contributed by atoms with Crippen LogP contribution in [-0.4, -0.2) is 9.13 Å². The molecule has 13 aromatic rings. The zero-order valence-corrected chi connectivity index (χ0v) is 42.7. The summed E-state index contributed by atoms with van der Waals surface area (Å²) in [6.45, 7) is 0. The second-order valence-electron chi connectivity index (χ2n) is 19.7. The van der Waals surface area contributed by atoms with Crippen molar-refractivity contribution >= 4 is 48.8 Å². The van der Waals surface area contributed by atoms with E-state index in [9.17, 15) is 0 Å². The van der Waals surface area contributed by atoms with Gasteiger partial charge in [-0.2, -0.15) is 0 Å². The first kappa shape index (κ1) is 45.3. The molecule has 0 amide bonds. The maximum Gasteiger partial charge on any atom is 0.0708 e. The Morgan fingerprint density at radius 1 is 0.395 bits per heavy atom. The topological polar surface area (TPSA) is 9.86 Å². The van der Waals surface area contributed by atoms with Crippen LogP contribution in [0.3, 0.4) is 0 Å². The van der Waals surface area contributed by atoms with Crippen molar-refractivity contribution in [3.05, 3.63) is 331 Å². The summed E-state index contributed by atoms with van der Waals surface area (Å²) in [5.41, 5.74) is 14.7. The molecule has 0 unspecified atom stereocenters. The number of fused-ring (bicyclic) bond motifs is 6. The molecule has 2 heterocycles. The van der Waals surface area contributed by atoms with E-state index in [2.05, 4.69) is 312 Å². The second-order valence-corrected chi connectivity index (χ2v) is 22.8. The number of rotatable bonds is 11. The van der Waals surface area contributed by atoms with Gasteiger partial charge in [0.1, 0.15) is 0 Å². The number of allylic oxidation sites excluding steroid dienone is 1. The highest BCUT2D eigenvalue weighted by atomic mass is 32.3. The monoisotopic (exact) mass is 988 g/mol. The van der Waals surface area contributed by atoms with Gasteiger partial charge in [-0.05, 0) is 126 Å². The number of aromatic nitrogens is 2. The molecule has 0 spiro atoms. The fraction of sp³-hybridized carbons (Fsp3) is 0.0411. The van der Waals surface area contributed by atoms with Crippen LogP contribution < -0.4 is 0 Å². The molecule has 76 heavy (non-hydrogen) atoms. The minimum absolute atomic E-state index is 0.611. The third-order valence-electron chi connectivity index (χ3n) is 15.7. The Labute approximate surface area is 446 Å². The summed E-state index contributed by atoms with van der Waals surface area (Å²) in [6.07, 6.45) is 6.62. The van der Waals surface area contributed by atoms with Gasteiger partial charge >= 0.3 is 0 Å². The van der Waals surface area contributed by atoms with Gasteiger partial charge < -0.3 is 9.13 Å². The minimum Gasteiger partial charge on any atom is -0.312 e. The molecule has 3 heteroatoms. The van der Waals surface area contributed by atoms with E-state index < -0.39 is 15.4 Å². The van der Waals surface area contributed by atoms with Crippen LogP contribution in [-0.2, 0) is 11.8 Å². The number of benzene rings is 10. The molecule has 0 aliphatic heterocycles. The first-order valence-corrected chi connectivity index (χ1v) is 27.9. The summed E-state index contributed by atoms with van der Waals surface area (Å²) in [5.74, 6) is 0. The van der Waals surface area contributed by atoms with E-state index in [0.717, 1.165) is 40.9 Å². The summed E-state index contributed by atoms with van der Waals surface area (Å²) in [6, 6.07) is 110. The van der Waals surface area contributed by atoms with Crippen LogP contribution >= 0.6 is 10.0 Å². The zero-order valence-electron chi connectivity index (χ0n) is 41.9. The standard InChI is InChI=1S/C73H52N2S/c1-7-27-54(28-8-1)73(55-29-9-2-10-30-55,56-31-11-3-12-32-56)57-33-25-26-53(50-57)63-40-19-22-43-68(63)75-70-45-24-21-42-65(70)67-51-58(46-49-71(67)75)74-69-44-23-20-41-64(69)66-48-47-62(52-72(66)74)76(59-34-13-4-14-35-59,60-36-15-5-16-37-60)61-38-17-6-18-39-61/h1-23,27-44,46-52H,24,45H2. The fourth-order valence-electron chi connectivity index (χ4n) is 12.5. The first-order valence-electron chi connectivity index (χ1n) is 26.3. The third-order valence-corrected chi connectivity index (χ3v) is 19.6. The number of hydrogen-bond donors (Lipinski definition) is 0. The van der Waals surface area contributed by atoms with Crippen LogP contribution in [0.25, 0.3) is 61.3 Å². The van der Waals surface area contributed by atoms with Gasteiger partial charge in [-0.15, -0.1) is 10.0 Å². The van der Waals surface area contributed by atoms with Gasteiger partial charge in [0.25, 0.3) is 0 Å². The average Bonchev–Trinajstić information content (AvgIpc) is 4.04. The highest BCUT2D eigenvalue weighted by Gasteiger charge is 2.39. The second kappa shape index (κ2) is 18.9. The summed E-state index contributed by atoms with van der Waals surface area (Å²) in [7, 11) is -1.92. The van der Waals surface area contributed by atoms with E-state index >= 15 is 0 Å². The fourth-order valence-corrected chi connectivity index (χ4v) is 16.4. The number of nitrogens with zero attached hydrogens (tertiary/aromatic N) is 2. The van der Waals surface area contributed by atoms with Crippen LogP contribution in [0.15, 0.2) is 305 Å². The molecular weight excluding hydrogens is 937 g/mol. The van der Waals surface area contributed by atoms with E-state index in [-0.39, 0.29) is 0 Å². The van der Waals surface area contributed by atoms with Crippen LogP contribution in [0.2, 0.25) is 0 Å². The number of para-hydroxylation sites is 2. The Morgan fingerprint density at radius 3 is 1.54 bits per heavy atom. The van der Waals surface area contributed by atoms with Gasteiger partial charge in [-0.3, -0.25) is 0 Å². The lowest BCUT2D eigenvalue weighted by Gasteiger charge is -2.42. The molecule has 0 radical (unpaired) electrons. The van der Waals surface area contributed by atoms with E-state index in [1.54, 1.807) is 0 Å². The largest absolute Gasteiger partial charge is 0.312 e. The van der Waals surface area contributed by atoms with E-state index in [0.29, 0.717) is 0 Å². The lowest BCUT2D eigenvalue weighted by molar-refractivity contribution is 0.745. The van der Waals surface area contributed by atoms with Crippen molar-refractivity contribution in [2.45, 2.75) is 37.8 Å². The Kier molecular flexibility index (Phi) is 11.2. The van der Waals surface area contributed by atoms with Crippen LogP contribution in [0.4, 0.5) is 0 Å². The highest BCUT2D eigenvalue weighted by molar-refractivity contribution is 8.34. The molecule has 11 aromatic carbocycles. The summed E-state index contributed by atoms with van der Waals surface area (Å²) >= 11 is 0. The Hall–Kier alpha value is -9.33. The van der Waals surface area contributed by atoms with E-state index in [1.807, 2.05) is 0 Å². The quantitative estimate of drug-likeness (QED) is 0.114. The summed E-state index contributed by atoms with van der Waals surface area (Å²) in [5, 5.41) is 3.71. The van der Waals surface area contributed by atoms with Gasteiger partial charge in [-0.25, -0.2) is 0 Å². The SMILES string of the molecule is c1cc(C(c2ccccc2)(c2ccccc2)c2ccccc2)cc(-c2ccccc2-n2c3c(c4cc(-n5c6ccccc6c6ccc(S(c7ccccc7)(c7ccccc7)c7ccccc7)cc65)ccc42)C=CCC3)c#1. The van der Waals surface area contributed by atoms with Gasteiger partial charge in [0.2, 0.25) is 0 Å². The van der Waals surface area contributed by atoms with Gasteiger partial charge in [0.15, 0.2) is 0 Å². The summed E-state index contributed by atoms with van der Waals surface area (Å²) in [4.78, 5) is 5.21. The van der Waals surface area contributed by atoms with E-state index in [4.69, 9.17) is 0 Å². The van der Waals surface area contributed by atoms with E-state index in [1.165, 1.54) is 80.2 Å². The minimum atomic E-state index is -1.92. The Morgan fingerprint density at radius 2 is 0.921 bits per heavy atom.